The minimum Gasteiger partial charge on any atom is -0.406 e. The summed E-state index contributed by atoms with van der Waals surface area (Å²) in [5.74, 6) is -1.80. The van der Waals surface area contributed by atoms with Crippen LogP contribution in [-0.4, -0.2) is 53.3 Å². The first-order valence-corrected chi connectivity index (χ1v) is 12.9. The van der Waals surface area contributed by atoms with E-state index in [2.05, 4.69) is 15.4 Å². The number of anilines is 1. The maximum absolute atomic E-state index is 14.0. The van der Waals surface area contributed by atoms with Crippen LogP contribution in [0.2, 0.25) is 5.02 Å². The van der Waals surface area contributed by atoms with E-state index in [1.165, 1.54) is 17.0 Å². The Balaban J connectivity index is 1.41. The minimum absolute atomic E-state index is 0.00214. The summed E-state index contributed by atoms with van der Waals surface area (Å²) in [4.78, 5) is 41.7. The van der Waals surface area contributed by atoms with Gasteiger partial charge in [0.25, 0.3) is 5.91 Å². The molecule has 12 heteroatoms. The molecule has 3 aliphatic rings. The number of hydrogen-bond acceptors (Lipinski definition) is 5. The number of nitrogens with one attached hydrogen (secondary N) is 3. The molecule has 39 heavy (non-hydrogen) atoms. The van der Waals surface area contributed by atoms with Gasteiger partial charge in [-0.3, -0.25) is 14.4 Å². The van der Waals surface area contributed by atoms with E-state index in [1.807, 2.05) is 0 Å². The fourth-order valence-corrected chi connectivity index (χ4v) is 5.63. The van der Waals surface area contributed by atoms with Crippen LogP contribution < -0.4 is 15.4 Å². The molecule has 2 aromatic rings. The monoisotopic (exact) mass is 562 g/mol. The number of halogens is 4. The zero-order chi connectivity index (χ0) is 28.1. The highest BCUT2D eigenvalue weighted by molar-refractivity contribution is 6.31. The summed E-state index contributed by atoms with van der Waals surface area (Å²) in [5.41, 5.74) is 0.258. The van der Waals surface area contributed by atoms with Gasteiger partial charge in [0, 0.05) is 28.5 Å². The number of carbonyl (C=O) groups excluding carboxylic acids is 3. The van der Waals surface area contributed by atoms with E-state index >= 15 is 0 Å². The van der Waals surface area contributed by atoms with E-state index in [1.54, 1.807) is 25.1 Å². The molecule has 3 N–H and O–H groups in total. The largest absolute Gasteiger partial charge is 0.573 e. The van der Waals surface area contributed by atoms with Gasteiger partial charge in [-0.15, -0.1) is 13.2 Å². The lowest BCUT2D eigenvalue weighted by atomic mass is 9.79. The molecule has 2 fully saturated rings. The first-order chi connectivity index (χ1) is 18.4. The molecule has 0 radical (unpaired) electrons. The number of alkyl halides is 3. The molecule has 1 spiro atoms. The second-order valence-corrected chi connectivity index (χ2v) is 10.8. The predicted molar refractivity (Wildman–Crippen MR) is 137 cm³/mol. The van der Waals surface area contributed by atoms with Crippen molar-refractivity contribution in [3.63, 3.8) is 0 Å². The highest BCUT2D eigenvalue weighted by Gasteiger charge is 2.57. The molecule has 1 saturated heterocycles. The smallest absolute Gasteiger partial charge is 0.406 e. The number of rotatable bonds is 7. The molecule has 2 aromatic carbocycles. The molecule has 0 unspecified atom stereocenters. The molecule has 2 heterocycles. The SMILES string of the molecule is CC(=N)[C@@H]1C[C@@]2(CN1C(=O)[C@H](CC1CC1)NC(=O)c1cccc(OC(F)(F)F)c1)C(=O)Nc1ccc(Cl)cc12. The van der Waals surface area contributed by atoms with Gasteiger partial charge in [-0.25, -0.2) is 0 Å². The van der Waals surface area contributed by atoms with Crippen molar-refractivity contribution in [2.75, 3.05) is 11.9 Å². The molecule has 206 valence electrons. The number of ether oxygens (including phenoxy) is 1. The van der Waals surface area contributed by atoms with Crippen molar-refractivity contribution in [1.82, 2.24) is 10.2 Å². The normalized spacial score (nSPS) is 22.8. The Labute approximate surface area is 227 Å². The second kappa shape index (κ2) is 9.86. The quantitative estimate of drug-likeness (QED) is 0.426. The average molecular weight is 563 g/mol. The van der Waals surface area contributed by atoms with Gasteiger partial charge >= 0.3 is 6.36 Å². The van der Waals surface area contributed by atoms with E-state index in [0.29, 0.717) is 22.7 Å². The van der Waals surface area contributed by atoms with Crippen LogP contribution in [0, 0.1) is 11.3 Å². The van der Waals surface area contributed by atoms with E-state index in [4.69, 9.17) is 17.0 Å². The number of benzene rings is 2. The van der Waals surface area contributed by atoms with Crippen molar-refractivity contribution in [1.29, 1.82) is 5.41 Å². The number of nitrogens with zero attached hydrogens (tertiary/aromatic N) is 1. The van der Waals surface area contributed by atoms with Crippen LogP contribution in [0.25, 0.3) is 0 Å². The maximum Gasteiger partial charge on any atom is 0.573 e. The molecular formula is C27H26ClF3N4O4. The summed E-state index contributed by atoms with van der Waals surface area (Å²) in [6.07, 6.45) is -2.61. The predicted octanol–water partition coefficient (Wildman–Crippen LogP) is 4.67. The van der Waals surface area contributed by atoms with Crippen molar-refractivity contribution in [2.45, 2.75) is 56.5 Å². The lowest BCUT2D eigenvalue weighted by Gasteiger charge is -2.29. The fourth-order valence-electron chi connectivity index (χ4n) is 5.45. The summed E-state index contributed by atoms with van der Waals surface area (Å²) in [5, 5.41) is 14.4. The molecular weight excluding hydrogens is 537 g/mol. The molecule has 2 aliphatic heterocycles. The summed E-state index contributed by atoms with van der Waals surface area (Å²) < 4.78 is 41.9. The molecule has 0 bridgehead atoms. The highest BCUT2D eigenvalue weighted by atomic mass is 35.5. The third-order valence-electron chi connectivity index (χ3n) is 7.52. The van der Waals surface area contributed by atoms with Gasteiger partial charge in [-0.05, 0) is 67.6 Å². The van der Waals surface area contributed by atoms with Gasteiger partial charge in [0.1, 0.15) is 11.8 Å². The Morgan fingerprint density at radius 1 is 1.26 bits per heavy atom. The standard InChI is InChI=1S/C27H26ClF3N4O4/c1-14(32)22-12-26(19-11-17(28)7-8-20(19)34-25(26)38)13-35(22)24(37)21(9-15-5-6-15)33-23(36)16-3-2-4-18(10-16)39-27(29,30)31/h2-4,7-8,10-11,15,21-22,32H,5-6,9,12-13H2,1H3,(H,33,36)(H,34,38)/t21-,22-,26-/m0/s1. The van der Waals surface area contributed by atoms with Crippen molar-refractivity contribution < 1.29 is 32.3 Å². The lowest BCUT2D eigenvalue weighted by molar-refractivity contribution is -0.274. The fraction of sp³-hybridized carbons (Fsp3) is 0.407. The number of fused-ring (bicyclic) bond motifs is 2. The third kappa shape index (κ3) is 5.45. The summed E-state index contributed by atoms with van der Waals surface area (Å²) in [6, 6.07) is 8.01. The molecule has 8 nitrogen and oxygen atoms in total. The summed E-state index contributed by atoms with van der Waals surface area (Å²) in [6.45, 7) is 1.56. The van der Waals surface area contributed by atoms with Gasteiger partial charge in [-0.1, -0.05) is 30.5 Å². The second-order valence-electron chi connectivity index (χ2n) is 10.4. The van der Waals surface area contributed by atoms with Crippen LogP contribution in [0.5, 0.6) is 5.75 Å². The van der Waals surface area contributed by atoms with Gasteiger partial charge in [0.05, 0.1) is 11.5 Å². The molecule has 3 atom stereocenters. The van der Waals surface area contributed by atoms with E-state index in [9.17, 15) is 27.6 Å². The Morgan fingerprint density at radius 2 is 2.00 bits per heavy atom. The Kier molecular flexibility index (Phi) is 6.82. The van der Waals surface area contributed by atoms with Gasteiger partial charge in [0.2, 0.25) is 11.8 Å². The minimum atomic E-state index is -4.92. The number of hydrogen-bond donors (Lipinski definition) is 3. The Bertz CT molecular complexity index is 1360. The average Bonchev–Trinajstić information content (AvgIpc) is 3.52. The van der Waals surface area contributed by atoms with Crippen LogP contribution >= 0.6 is 11.6 Å². The van der Waals surface area contributed by atoms with E-state index in [0.717, 1.165) is 25.0 Å². The molecule has 1 aliphatic carbocycles. The molecule has 5 rings (SSSR count). The molecule has 1 saturated carbocycles. The Morgan fingerprint density at radius 3 is 2.67 bits per heavy atom. The zero-order valence-electron chi connectivity index (χ0n) is 20.9. The van der Waals surface area contributed by atoms with Gasteiger partial charge in [-0.2, -0.15) is 0 Å². The third-order valence-corrected chi connectivity index (χ3v) is 7.76. The first kappa shape index (κ1) is 27.0. The van der Waals surface area contributed by atoms with Crippen molar-refractivity contribution in [3.05, 3.63) is 58.6 Å². The van der Waals surface area contributed by atoms with Crippen LogP contribution in [0.3, 0.4) is 0 Å². The summed E-state index contributed by atoms with van der Waals surface area (Å²) in [7, 11) is 0. The van der Waals surface area contributed by atoms with Crippen LogP contribution in [-0.2, 0) is 15.0 Å². The van der Waals surface area contributed by atoms with E-state index in [-0.39, 0.29) is 36.1 Å². The molecule has 3 amide bonds. The lowest BCUT2D eigenvalue weighted by Crippen LogP contribution is -2.52. The van der Waals surface area contributed by atoms with Crippen molar-refractivity contribution in [3.8, 4) is 5.75 Å². The number of amides is 3. The zero-order valence-corrected chi connectivity index (χ0v) is 21.7. The first-order valence-electron chi connectivity index (χ1n) is 12.5. The van der Waals surface area contributed by atoms with Crippen molar-refractivity contribution >= 4 is 40.7 Å². The van der Waals surface area contributed by atoms with Gasteiger partial charge in [0.15, 0.2) is 0 Å². The van der Waals surface area contributed by atoms with Crippen molar-refractivity contribution in [2.24, 2.45) is 5.92 Å². The van der Waals surface area contributed by atoms with Gasteiger partial charge < -0.3 is 25.7 Å². The topological polar surface area (TPSA) is 112 Å². The summed E-state index contributed by atoms with van der Waals surface area (Å²) >= 11 is 6.23. The number of likely N-dealkylation sites (tertiary alicyclic amines) is 1. The molecule has 0 aromatic heterocycles. The van der Waals surface area contributed by atoms with Crippen LogP contribution in [0.1, 0.15) is 48.5 Å². The number of carbonyl (C=O) groups is 3. The Hall–Kier alpha value is -3.60. The maximum atomic E-state index is 14.0. The van der Waals surface area contributed by atoms with Crippen LogP contribution in [0.4, 0.5) is 18.9 Å². The van der Waals surface area contributed by atoms with Crippen LogP contribution in [0.15, 0.2) is 42.5 Å². The highest BCUT2D eigenvalue weighted by Crippen LogP contribution is 2.48. The van der Waals surface area contributed by atoms with E-state index < -0.39 is 41.4 Å².